The Morgan fingerprint density at radius 3 is 2.59 bits per heavy atom. The zero-order valence-corrected chi connectivity index (χ0v) is 24.0. The van der Waals surface area contributed by atoms with Crippen molar-refractivity contribution in [1.82, 2.24) is 24.5 Å². The first-order valence-electron chi connectivity index (χ1n) is 13.5. The van der Waals surface area contributed by atoms with Gasteiger partial charge in [-0.2, -0.15) is 10.2 Å². The average Bonchev–Trinajstić information content (AvgIpc) is 3.57. The van der Waals surface area contributed by atoms with Crippen LogP contribution >= 0.6 is 0 Å². The van der Waals surface area contributed by atoms with Crippen LogP contribution < -0.4 is 0 Å². The summed E-state index contributed by atoms with van der Waals surface area (Å²) in [5.74, 6) is 2.88. The highest BCUT2D eigenvalue weighted by molar-refractivity contribution is 8.01. The van der Waals surface area contributed by atoms with Crippen LogP contribution in [0, 0.1) is 23.0 Å². The number of hydrogen-bond donors (Lipinski definition) is 0. The maximum Gasteiger partial charge on any atom is 0.191 e. The third-order valence-electron chi connectivity index (χ3n) is 8.98. The van der Waals surface area contributed by atoms with Crippen LogP contribution in [0.1, 0.15) is 54.9 Å². The molecule has 3 heterocycles. The molecule has 0 spiro atoms. The minimum atomic E-state index is -2.86. The Kier molecular flexibility index (Phi) is 6.37. The number of carbonyl (C=O) groups is 1. The largest absolute Gasteiger partial charge is 0.291 e. The SMILES string of the molecule is C=S(=O)(c1ccn(C)n1)C(C)(C)[C@H]1CCC2=Cc3c(cnn3-c3ccc(F)cc3)C[C@]2(C(=O)c2cc(F)ccn2)C1. The quantitative estimate of drug-likeness (QED) is 0.226. The predicted molar refractivity (Wildman–Crippen MR) is 154 cm³/mol. The normalized spacial score (nSPS) is 21.9. The Balaban J connectivity index is 1.45. The van der Waals surface area contributed by atoms with Crippen molar-refractivity contribution < 1.29 is 17.8 Å². The molecule has 2 aliphatic carbocycles. The van der Waals surface area contributed by atoms with Gasteiger partial charge >= 0.3 is 0 Å². The van der Waals surface area contributed by atoms with Crippen LogP contribution in [-0.2, 0) is 23.0 Å². The number of halogens is 2. The molecule has 4 aromatic rings. The molecule has 10 heteroatoms. The fourth-order valence-corrected chi connectivity index (χ4v) is 8.19. The summed E-state index contributed by atoms with van der Waals surface area (Å²) in [6, 6.07) is 10.2. The third-order valence-corrected chi connectivity index (χ3v) is 11.9. The molecule has 3 aromatic heterocycles. The van der Waals surface area contributed by atoms with E-state index < -0.39 is 25.5 Å². The monoisotopic (exact) mass is 575 g/mol. The van der Waals surface area contributed by atoms with Gasteiger partial charge in [0.15, 0.2) is 5.78 Å². The number of carbonyl (C=O) groups excluding carboxylic acids is 1. The summed E-state index contributed by atoms with van der Waals surface area (Å²) >= 11 is 0. The summed E-state index contributed by atoms with van der Waals surface area (Å²) in [4.78, 5) is 18.6. The van der Waals surface area contributed by atoms with Crippen molar-refractivity contribution in [3.8, 4) is 5.69 Å². The molecular weight excluding hydrogens is 544 g/mol. The Morgan fingerprint density at radius 1 is 1.15 bits per heavy atom. The molecule has 1 saturated carbocycles. The van der Waals surface area contributed by atoms with Gasteiger partial charge in [0, 0.05) is 39.8 Å². The van der Waals surface area contributed by atoms with Gasteiger partial charge in [-0.15, -0.1) is 0 Å². The minimum absolute atomic E-state index is 0.0591. The molecule has 0 bridgehead atoms. The molecule has 41 heavy (non-hydrogen) atoms. The number of aromatic nitrogens is 5. The number of rotatable bonds is 6. The second-order valence-electron chi connectivity index (χ2n) is 11.6. The molecule has 0 radical (unpaired) electrons. The maximum atomic E-state index is 14.4. The molecule has 2 aliphatic rings. The Bertz CT molecular complexity index is 1800. The van der Waals surface area contributed by atoms with Crippen molar-refractivity contribution >= 4 is 27.3 Å². The van der Waals surface area contributed by atoms with E-state index in [1.165, 1.54) is 30.5 Å². The fraction of sp³-hybridized carbons (Fsp3) is 0.323. The highest BCUT2D eigenvalue weighted by atomic mass is 32.2. The first-order valence-corrected chi connectivity index (χ1v) is 15.2. The zero-order chi connectivity index (χ0) is 29.2. The molecule has 1 aromatic carbocycles. The smallest absolute Gasteiger partial charge is 0.191 e. The molecule has 6 rings (SSSR count). The van der Waals surface area contributed by atoms with Crippen molar-refractivity contribution in [2.75, 3.05) is 0 Å². The topological polar surface area (TPSA) is 82.7 Å². The summed E-state index contributed by atoms with van der Waals surface area (Å²) in [5.41, 5.74) is 2.33. The van der Waals surface area contributed by atoms with Gasteiger partial charge in [-0.1, -0.05) is 5.57 Å². The van der Waals surface area contributed by atoms with Gasteiger partial charge in [0.2, 0.25) is 0 Å². The van der Waals surface area contributed by atoms with Gasteiger partial charge < -0.3 is 0 Å². The first-order chi connectivity index (χ1) is 19.4. The predicted octanol–water partition coefficient (Wildman–Crippen LogP) is 5.44. The standard InChI is InChI=1S/C31H31F2N5O2S/c1-30(2,41(4,40)28-12-14-37(3)36-28)22-6-5-21-15-27-20(19-35-38(27)25-9-7-23(32)8-10-25)17-31(21,18-22)29(39)26-16-24(33)11-13-34-26/h7-16,19,22H,4-6,17-18H2,1-3H3/t22-,31-,41?/m0/s1. The molecule has 0 N–H and O–H groups in total. The maximum absolute atomic E-state index is 14.4. The van der Waals surface area contributed by atoms with E-state index >= 15 is 0 Å². The summed E-state index contributed by atoms with van der Waals surface area (Å²) < 4.78 is 44.7. The van der Waals surface area contributed by atoms with Crippen LogP contribution in [0.4, 0.5) is 8.78 Å². The molecule has 7 nitrogen and oxygen atoms in total. The number of allylic oxidation sites excluding steroid dienone is 1. The number of benzene rings is 1. The van der Waals surface area contributed by atoms with Crippen molar-refractivity contribution in [3.63, 3.8) is 0 Å². The molecular formula is C31H31F2N5O2S. The average molecular weight is 576 g/mol. The van der Waals surface area contributed by atoms with Crippen LogP contribution in [0.25, 0.3) is 11.8 Å². The molecule has 0 saturated heterocycles. The van der Waals surface area contributed by atoms with E-state index in [1.807, 2.05) is 19.9 Å². The van der Waals surface area contributed by atoms with Crippen LogP contribution in [-0.4, -0.2) is 45.2 Å². The Hall–Kier alpha value is -3.92. The van der Waals surface area contributed by atoms with Crippen molar-refractivity contribution in [3.05, 3.63) is 95.2 Å². The van der Waals surface area contributed by atoms with E-state index in [1.54, 1.807) is 47.0 Å². The van der Waals surface area contributed by atoms with E-state index in [0.29, 0.717) is 36.4 Å². The van der Waals surface area contributed by atoms with Crippen LogP contribution in [0.5, 0.6) is 0 Å². The second-order valence-corrected chi connectivity index (χ2v) is 14.4. The number of hydrogen-bond acceptors (Lipinski definition) is 5. The van der Waals surface area contributed by atoms with E-state index in [-0.39, 0.29) is 23.2 Å². The lowest BCUT2D eigenvalue weighted by atomic mass is 9.57. The summed E-state index contributed by atoms with van der Waals surface area (Å²) in [5, 5.41) is 9.43. The van der Waals surface area contributed by atoms with Gasteiger partial charge in [0.1, 0.15) is 22.4 Å². The Morgan fingerprint density at radius 2 is 1.90 bits per heavy atom. The van der Waals surface area contributed by atoms with Crippen molar-refractivity contribution in [2.24, 2.45) is 18.4 Å². The molecule has 1 fully saturated rings. The fourth-order valence-electron chi connectivity index (χ4n) is 6.37. The number of fused-ring (bicyclic) bond motifs is 2. The van der Waals surface area contributed by atoms with Gasteiger partial charge in [-0.05, 0) is 99.4 Å². The molecule has 3 atom stereocenters. The molecule has 1 unspecified atom stereocenters. The molecule has 0 amide bonds. The van der Waals surface area contributed by atoms with Crippen molar-refractivity contribution in [1.29, 1.82) is 0 Å². The second kappa shape index (κ2) is 9.58. The number of ketones is 1. The first kappa shape index (κ1) is 27.3. The number of pyridine rings is 1. The lowest BCUT2D eigenvalue weighted by Crippen LogP contribution is -2.49. The van der Waals surface area contributed by atoms with Gasteiger partial charge in [0.05, 0.1) is 23.0 Å². The Labute approximate surface area is 237 Å². The minimum Gasteiger partial charge on any atom is -0.291 e. The van der Waals surface area contributed by atoms with Gasteiger partial charge in [-0.3, -0.25) is 18.7 Å². The van der Waals surface area contributed by atoms with E-state index in [2.05, 4.69) is 21.1 Å². The lowest BCUT2D eigenvalue weighted by Gasteiger charge is -2.48. The summed E-state index contributed by atoms with van der Waals surface area (Å²) in [7, 11) is -1.09. The number of Topliss-reactive ketones (excluding diaryl/α,β-unsaturated/α-hetero) is 1. The number of aryl methyl sites for hydroxylation is 1. The molecule has 0 aliphatic heterocycles. The van der Waals surface area contributed by atoms with Crippen molar-refractivity contribution in [2.45, 2.75) is 49.3 Å². The van der Waals surface area contributed by atoms with Gasteiger partial charge in [0.25, 0.3) is 0 Å². The zero-order valence-electron chi connectivity index (χ0n) is 23.2. The van der Waals surface area contributed by atoms with Crippen LogP contribution in [0.3, 0.4) is 0 Å². The lowest BCUT2D eigenvalue weighted by molar-refractivity contribution is 0.0736. The van der Waals surface area contributed by atoms with E-state index in [4.69, 9.17) is 0 Å². The summed E-state index contributed by atoms with van der Waals surface area (Å²) in [6.07, 6.45) is 8.76. The third kappa shape index (κ3) is 4.36. The summed E-state index contributed by atoms with van der Waals surface area (Å²) in [6.45, 7) is 3.88. The molecule has 212 valence electrons. The highest BCUT2D eigenvalue weighted by Gasteiger charge is 2.53. The highest BCUT2D eigenvalue weighted by Crippen LogP contribution is 2.55. The van der Waals surface area contributed by atoms with Crippen LogP contribution in [0.15, 0.2) is 71.7 Å². The van der Waals surface area contributed by atoms with E-state index in [9.17, 15) is 17.8 Å². The number of nitrogens with zero attached hydrogens (tertiary/aromatic N) is 5. The van der Waals surface area contributed by atoms with Gasteiger partial charge in [-0.25, -0.2) is 13.5 Å². The van der Waals surface area contributed by atoms with Crippen LogP contribution in [0.2, 0.25) is 0 Å². The van der Waals surface area contributed by atoms with E-state index in [0.717, 1.165) is 16.8 Å².